The van der Waals surface area contributed by atoms with E-state index in [2.05, 4.69) is 26.8 Å². The van der Waals surface area contributed by atoms with E-state index in [-0.39, 0.29) is 18.2 Å². The maximum absolute atomic E-state index is 13.9. The summed E-state index contributed by atoms with van der Waals surface area (Å²) < 4.78 is 27.9. The van der Waals surface area contributed by atoms with Gasteiger partial charge in [0.2, 0.25) is 12.0 Å². The molecule has 0 spiro atoms. The number of fused-ring (bicyclic) bond motifs is 1. The summed E-state index contributed by atoms with van der Waals surface area (Å²) in [5.41, 5.74) is 3.05. The fourth-order valence-corrected chi connectivity index (χ4v) is 6.81. The third-order valence-electron chi connectivity index (χ3n) is 8.01. The number of thiophene rings is 1. The Morgan fingerprint density at radius 3 is 2.53 bits per heavy atom. The topological polar surface area (TPSA) is 93.0 Å². The molecule has 0 amide bonds. The first-order chi connectivity index (χ1) is 21.8. The van der Waals surface area contributed by atoms with Crippen molar-refractivity contribution in [3.63, 3.8) is 0 Å². The van der Waals surface area contributed by atoms with E-state index >= 15 is 0 Å². The van der Waals surface area contributed by atoms with Crippen LogP contribution in [0.5, 0.6) is 11.6 Å². The van der Waals surface area contributed by atoms with Crippen LogP contribution in [0.15, 0.2) is 67.3 Å². The molecule has 45 heavy (non-hydrogen) atoms. The van der Waals surface area contributed by atoms with E-state index in [4.69, 9.17) is 21.1 Å². The van der Waals surface area contributed by atoms with Gasteiger partial charge in [-0.1, -0.05) is 29.8 Å². The second-order valence-electron chi connectivity index (χ2n) is 11.0. The van der Waals surface area contributed by atoms with Crippen molar-refractivity contribution in [1.82, 2.24) is 24.3 Å². The highest BCUT2D eigenvalue weighted by Crippen LogP contribution is 2.49. The Balaban J connectivity index is 1.39. The van der Waals surface area contributed by atoms with Gasteiger partial charge in [0.05, 0.1) is 17.0 Å². The number of piperazine rings is 1. The third-order valence-corrected chi connectivity index (χ3v) is 9.63. The van der Waals surface area contributed by atoms with Crippen molar-refractivity contribution in [1.29, 1.82) is 0 Å². The summed E-state index contributed by atoms with van der Waals surface area (Å²) in [7, 11) is 2.13. The number of likely N-dealkylation sites (N-methyl/N-ethyl adjacent to an activating group) is 1. The van der Waals surface area contributed by atoms with E-state index in [0.717, 1.165) is 59.9 Å². The predicted octanol–water partition coefficient (Wildman–Crippen LogP) is 6.09. The van der Waals surface area contributed by atoms with Crippen LogP contribution in [0.2, 0.25) is 5.02 Å². The Morgan fingerprint density at radius 1 is 1.09 bits per heavy atom. The molecular weight excluding hydrogens is 617 g/mol. The van der Waals surface area contributed by atoms with Crippen LogP contribution in [-0.2, 0) is 11.3 Å². The summed E-state index contributed by atoms with van der Waals surface area (Å²) in [5.74, 6) is -0.748. The van der Waals surface area contributed by atoms with E-state index in [0.29, 0.717) is 27.6 Å². The molecule has 1 fully saturated rings. The minimum atomic E-state index is -1.21. The van der Waals surface area contributed by atoms with Crippen molar-refractivity contribution in [3.05, 3.63) is 83.7 Å². The Labute approximate surface area is 269 Å². The SMILES string of the molecule is Cc1c(-c2c(-c3ccc(F)cc3)sc3ncnc(O[C@H](Cn4cccc4)C(=O)O)c23)ccc(OCCN2CCN(C)CC2)c1Cl. The van der Waals surface area contributed by atoms with Crippen LogP contribution in [0.4, 0.5) is 4.39 Å². The van der Waals surface area contributed by atoms with Gasteiger partial charge in [-0.15, -0.1) is 11.3 Å². The molecule has 234 valence electrons. The molecule has 2 aromatic carbocycles. The zero-order valence-electron chi connectivity index (χ0n) is 25.0. The highest BCUT2D eigenvalue weighted by atomic mass is 35.5. The molecule has 0 radical (unpaired) electrons. The average molecular weight is 650 g/mol. The molecule has 9 nitrogen and oxygen atoms in total. The minimum absolute atomic E-state index is 0.0864. The largest absolute Gasteiger partial charge is 0.491 e. The van der Waals surface area contributed by atoms with Gasteiger partial charge in [0.25, 0.3) is 0 Å². The highest BCUT2D eigenvalue weighted by molar-refractivity contribution is 7.22. The van der Waals surface area contributed by atoms with Crippen LogP contribution in [0, 0.1) is 12.7 Å². The molecule has 5 aromatic rings. The summed E-state index contributed by atoms with van der Waals surface area (Å²) >= 11 is 8.33. The smallest absolute Gasteiger partial charge is 0.346 e. The third kappa shape index (κ3) is 6.81. The molecule has 12 heteroatoms. The van der Waals surface area contributed by atoms with Crippen LogP contribution < -0.4 is 9.47 Å². The number of rotatable bonds is 11. The van der Waals surface area contributed by atoms with Gasteiger partial charge >= 0.3 is 5.97 Å². The summed E-state index contributed by atoms with van der Waals surface area (Å²) in [4.78, 5) is 27.3. The normalized spacial score (nSPS) is 14.9. The summed E-state index contributed by atoms with van der Waals surface area (Å²) in [5, 5.41) is 11.1. The number of carbonyl (C=O) groups is 1. The molecule has 1 aliphatic rings. The zero-order valence-corrected chi connectivity index (χ0v) is 26.5. The molecule has 6 rings (SSSR count). The van der Waals surface area contributed by atoms with Crippen molar-refractivity contribution in [2.24, 2.45) is 0 Å². The molecular formula is C33H33ClFN5O4S. The Morgan fingerprint density at radius 2 is 1.82 bits per heavy atom. The van der Waals surface area contributed by atoms with Gasteiger partial charge in [-0.05, 0) is 61.0 Å². The van der Waals surface area contributed by atoms with Crippen molar-refractivity contribution >= 4 is 39.1 Å². The monoisotopic (exact) mass is 649 g/mol. The first kappa shape index (κ1) is 31.0. The molecule has 1 saturated heterocycles. The standard InChI is InChI=1S/C33H33ClFN5O4S/c1-21-24(9-10-25(29(21)34)43-18-17-39-15-13-38(2)14-16-39)27-28-31(44-26(33(41)42)19-40-11-3-4-12-40)36-20-37-32(28)45-30(27)22-5-7-23(35)8-6-22/h3-12,20,26H,13-19H2,1-2H3,(H,41,42)/t26-/m1/s1. The van der Waals surface area contributed by atoms with Gasteiger partial charge in [0.15, 0.2) is 0 Å². The second-order valence-corrected chi connectivity index (χ2v) is 12.4. The van der Waals surface area contributed by atoms with Gasteiger partial charge in [0.1, 0.15) is 29.3 Å². The van der Waals surface area contributed by atoms with Crippen LogP contribution in [0.3, 0.4) is 0 Å². The predicted molar refractivity (Wildman–Crippen MR) is 174 cm³/mol. The maximum atomic E-state index is 13.9. The first-order valence-electron chi connectivity index (χ1n) is 14.7. The van der Waals surface area contributed by atoms with Crippen molar-refractivity contribution in [2.45, 2.75) is 19.6 Å². The molecule has 4 heterocycles. The van der Waals surface area contributed by atoms with E-state index in [1.165, 1.54) is 29.8 Å². The van der Waals surface area contributed by atoms with Crippen LogP contribution in [0.25, 0.3) is 31.8 Å². The molecule has 0 bridgehead atoms. The minimum Gasteiger partial charge on any atom is -0.491 e. The Hall–Kier alpha value is -4.03. The number of carboxylic acids is 1. The Kier molecular flexibility index (Phi) is 9.32. The van der Waals surface area contributed by atoms with Crippen LogP contribution in [0.1, 0.15) is 5.56 Å². The number of benzene rings is 2. The number of ether oxygens (including phenoxy) is 2. The first-order valence-corrected chi connectivity index (χ1v) is 15.8. The lowest BCUT2D eigenvalue weighted by Crippen LogP contribution is -2.45. The number of aromatic nitrogens is 3. The van der Waals surface area contributed by atoms with E-state index in [9.17, 15) is 14.3 Å². The molecule has 1 atom stereocenters. The summed E-state index contributed by atoms with van der Waals surface area (Å²) in [6.45, 7) is 7.40. The van der Waals surface area contributed by atoms with Gasteiger partial charge in [0, 0.05) is 55.6 Å². The van der Waals surface area contributed by atoms with E-state index in [1.54, 1.807) is 29.1 Å². The highest BCUT2D eigenvalue weighted by Gasteiger charge is 2.27. The van der Waals surface area contributed by atoms with Crippen molar-refractivity contribution < 1.29 is 23.8 Å². The number of nitrogens with zero attached hydrogens (tertiary/aromatic N) is 5. The molecule has 1 N–H and O–H groups in total. The molecule has 0 saturated carbocycles. The van der Waals surface area contributed by atoms with Crippen molar-refractivity contribution in [2.75, 3.05) is 46.4 Å². The van der Waals surface area contributed by atoms with E-state index in [1.807, 2.05) is 31.2 Å². The van der Waals surface area contributed by atoms with E-state index < -0.39 is 12.1 Å². The van der Waals surface area contributed by atoms with Crippen LogP contribution in [-0.4, -0.2) is 87.9 Å². The lowest BCUT2D eigenvalue weighted by atomic mass is 9.96. The average Bonchev–Trinajstić information content (AvgIpc) is 3.69. The molecule has 1 aliphatic heterocycles. The number of aliphatic carboxylic acids is 1. The van der Waals surface area contributed by atoms with Gasteiger partial charge in [-0.3, -0.25) is 4.90 Å². The number of halogens is 2. The summed E-state index contributed by atoms with van der Waals surface area (Å²) in [6.07, 6.45) is 3.70. The van der Waals surface area contributed by atoms with Gasteiger partial charge in [-0.25, -0.2) is 19.2 Å². The lowest BCUT2D eigenvalue weighted by molar-refractivity contribution is -0.145. The summed E-state index contributed by atoms with van der Waals surface area (Å²) in [6, 6.07) is 13.6. The molecule has 0 aliphatic carbocycles. The fraction of sp³-hybridized carbons (Fsp3) is 0.303. The fourth-order valence-electron chi connectivity index (χ4n) is 5.44. The number of hydrogen-bond acceptors (Lipinski definition) is 8. The Bertz CT molecular complexity index is 1790. The van der Waals surface area contributed by atoms with Crippen LogP contribution >= 0.6 is 22.9 Å². The number of carboxylic acid groups (broad SMARTS) is 1. The maximum Gasteiger partial charge on any atom is 0.346 e. The van der Waals surface area contributed by atoms with Gasteiger partial charge in [-0.2, -0.15) is 0 Å². The quantitative estimate of drug-likeness (QED) is 0.184. The second kappa shape index (κ2) is 13.5. The molecule has 3 aromatic heterocycles. The lowest BCUT2D eigenvalue weighted by Gasteiger charge is -2.32. The number of hydrogen-bond donors (Lipinski definition) is 1. The zero-order chi connectivity index (χ0) is 31.5. The molecule has 0 unspecified atom stereocenters. The van der Waals surface area contributed by atoms with Crippen molar-refractivity contribution in [3.8, 4) is 33.2 Å². The van der Waals surface area contributed by atoms with Gasteiger partial charge < -0.3 is 24.0 Å².